The summed E-state index contributed by atoms with van der Waals surface area (Å²) in [5, 5.41) is 5.68. The van der Waals surface area contributed by atoms with Gasteiger partial charge in [-0.3, -0.25) is 4.79 Å². The van der Waals surface area contributed by atoms with Crippen LogP contribution in [0.5, 0.6) is 5.75 Å². The van der Waals surface area contributed by atoms with Gasteiger partial charge in [-0.1, -0.05) is 30.0 Å². The van der Waals surface area contributed by atoms with Crippen molar-refractivity contribution < 1.29 is 9.53 Å². The highest BCUT2D eigenvalue weighted by atomic mass is 32.2. The van der Waals surface area contributed by atoms with E-state index in [0.717, 1.165) is 64.9 Å². The lowest BCUT2D eigenvalue weighted by molar-refractivity contribution is -0.129. The molecule has 3 heterocycles. The van der Waals surface area contributed by atoms with Crippen LogP contribution in [0.1, 0.15) is 30.7 Å². The number of hydrogen-bond donors (Lipinski definition) is 0. The Morgan fingerprint density at radius 2 is 1.93 bits per heavy atom. The summed E-state index contributed by atoms with van der Waals surface area (Å²) in [7, 11) is 1.67. The van der Waals surface area contributed by atoms with Gasteiger partial charge in [-0.25, -0.2) is 9.50 Å². The number of likely N-dealkylation sites (tertiary alicyclic amines) is 1. The molecule has 1 aliphatic rings. The van der Waals surface area contributed by atoms with E-state index >= 15 is 0 Å². The molecule has 0 aliphatic carbocycles. The van der Waals surface area contributed by atoms with Gasteiger partial charge in [0, 0.05) is 24.3 Å². The molecule has 152 valence electrons. The molecule has 3 aromatic rings. The van der Waals surface area contributed by atoms with Gasteiger partial charge < -0.3 is 9.64 Å². The molecule has 0 saturated carbocycles. The SMILES string of the molecule is COc1ccccc1-c1c(C)nn2c(SCC(=O)N3CCCCC3)cc(C)nc12. The summed E-state index contributed by atoms with van der Waals surface area (Å²) in [4.78, 5) is 19.4. The molecule has 0 radical (unpaired) electrons. The molecule has 1 saturated heterocycles. The van der Waals surface area contributed by atoms with Gasteiger partial charge in [0.25, 0.3) is 0 Å². The topological polar surface area (TPSA) is 59.7 Å². The van der Waals surface area contributed by atoms with Crippen LogP contribution in [0.2, 0.25) is 0 Å². The van der Waals surface area contributed by atoms with Crippen LogP contribution in [0.15, 0.2) is 35.4 Å². The molecule has 1 amide bonds. The molecule has 4 rings (SSSR count). The van der Waals surface area contributed by atoms with E-state index in [1.165, 1.54) is 18.2 Å². The maximum Gasteiger partial charge on any atom is 0.232 e. The summed E-state index contributed by atoms with van der Waals surface area (Å²) in [5.74, 6) is 1.41. The molecule has 0 bridgehead atoms. The van der Waals surface area contributed by atoms with Gasteiger partial charge in [-0.15, -0.1) is 0 Å². The van der Waals surface area contributed by atoms with Crippen LogP contribution in [-0.2, 0) is 4.79 Å². The predicted octanol–water partition coefficient (Wildman–Crippen LogP) is 4.13. The van der Waals surface area contributed by atoms with E-state index in [1.807, 2.05) is 53.6 Å². The summed E-state index contributed by atoms with van der Waals surface area (Å²) >= 11 is 1.53. The third-order valence-electron chi connectivity index (χ3n) is 5.29. The Kier molecular flexibility index (Phi) is 5.76. The van der Waals surface area contributed by atoms with E-state index in [2.05, 4.69) is 0 Å². The van der Waals surface area contributed by atoms with Gasteiger partial charge >= 0.3 is 0 Å². The van der Waals surface area contributed by atoms with Crippen molar-refractivity contribution in [1.29, 1.82) is 0 Å². The molecule has 1 aliphatic heterocycles. The third kappa shape index (κ3) is 3.96. The van der Waals surface area contributed by atoms with E-state index in [4.69, 9.17) is 14.8 Å². The van der Waals surface area contributed by atoms with Gasteiger partial charge in [0.2, 0.25) is 5.91 Å². The van der Waals surface area contributed by atoms with Gasteiger partial charge in [0.15, 0.2) is 5.65 Å². The Labute approximate surface area is 175 Å². The molecule has 2 aromatic heterocycles. The zero-order valence-corrected chi connectivity index (χ0v) is 18.0. The zero-order valence-electron chi connectivity index (χ0n) is 17.1. The number of rotatable bonds is 5. The number of thioether (sulfide) groups is 1. The second kappa shape index (κ2) is 8.45. The minimum absolute atomic E-state index is 0.200. The molecule has 0 atom stereocenters. The zero-order chi connectivity index (χ0) is 20.4. The molecule has 6 nitrogen and oxygen atoms in total. The fraction of sp³-hybridized carbons (Fsp3) is 0.409. The quantitative estimate of drug-likeness (QED) is 0.468. The van der Waals surface area contributed by atoms with Crippen molar-refractivity contribution >= 4 is 23.3 Å². The minimum Gasteiger partial charge on any atom is -0.496 e. The number of ether oxygens (including phenoxy) is 1. The maximum absolute atomic E-state index is 12.6. The lowest BCUT2D eigenvalue weighted by Crippen LogP contribution is -2.36. The number of nitrogens with zero attached hydrogens (tertiary/aromatic N) is 4. The first-order valence-corrected chi connectivity index (χ1v) is 11.0. The fourth-order valence-electron chi connectivity index (χ4n) is 3.85. The molecule has 7 heteroatoms. The Bertz CT molecular complexity index is 1040. The number of amides is 1. The minimum atomic E-state index is 0.200. The third-order valence-corrected chi connectivity index (χ3v) is 6.27. The molecule has 29 heavy (non-hydrogen) atoms. The molecule has 1 aromatic carbocycles. The number of benzene rings is 1. The van der Waals surface area contributed by atoms with Gasteiger partial charge in [0.05, 0.1) is 24.1 Å². The first-order valence-electron chi connectivity index (χ1n) is 9.99. The van der Waals surface area contributed by atoms with Crippen LogP contribution in [0.3, 0.4) is 0 Å². The lowest BCUT2D eigenvalue weighted by atomic mass is 10.1. The van der Waals surface area contributed by atoms with Crippen molar-refractivity contribution in [1.82, 2.24) is 19.5 Å². The average Bonchev–Trinajstić information content (AvgIpc) is 3.07. The predicted molar refractivity (Wildman–Crippen MR) is 116 cm³/mol. The Morgan fingerprint density at radius 1 is 1.17 bits per heavy atom. The van der Waals surface area contributed by atoms with Crippen molar-refractivity contribution in [2.24, 2.45) is 0 Å². The number of para-hydroxylation sites is 1. The standard InChI is InChI=1S/C22H26N4O2S/c1-15-13-20(29-14-19(27)25-11-7-4-8-12-25)26-22(23-15)21(16(2)24-26)17-9-5-6-10-18(17)28-3/h5-6,9-10,13H,4,7-8,11-12,14H2,1-3H3. The van der Waals surface area contributed by atoms with Crippen LogP contribution in [-0.4, -0.2) is 51.4 Å². The number of carbonyl (C=O) groups is 1. The lowest BCUT2D eigenvalue weighted by Gasteiger charge is -2.26. The summed E-state index contributed by atoms with van der Waals surface area (Å²) in [6.07, 6.45) is 3.44. The number of aromatic nitrogens is 3. The monoisotopic (exact) mass is 410 g/mol. The molecular weight excluding hydrogens is 384 g/mol. The number of methoxy groups -OCH3 is 1. The fourth-order valence-corrected chi connectivity index (χ4v) is 4.81. The molecule has 0 spiro atoms. The van der Waals surface area contributed by atoms with E-state index < -0.39 is 0 Å². The second-order valence-electron chi connectivity index (χ2n) is 7.36. The smallest absolute Gasteiger partial charge is 0.232 e. The number of hydrogen-bond acceptors (Lipinski definition) is 5. The van der Waals surface area contributed by atoms with Crippen molar-refractivity contribution in [3.05, 3.63) is 41.7 Å². The van der Waals surface area contributed by atoms with E-state index in [9.17, 15) is 4.79 Å². The van der Waals surface area contributed by atoms with Crippen molar-refractivity contribution in [3.8, 4) is 16.9 Å². The first-order chi connectivity index (χ1) is 14.1. The van der Waals surface area contributed by atoms with Crippen LogP contribution in [0.25, 0.3) is 16.8 Å². The van der Waals surface area contributed by atoms with E-state index in [0.29, 0.717) is 5.75 Å². The highest BCUT2D eigenvalue weighted by molar-refractivity contribution is 7.99. The van der Waals surface area contributed by atoms with E-state index in [-0.39, 0.29) is 5.91 Å². The summed E-state index contributed by atoms with van der Waals surface area (Å²) in [6, 6.07) is 9.92. The van der Waals surface area contributed by atoms with Gasteiger partial charge in [-0.2, -0.15) is 5.10 Å². The highest BCUT2D eigenvalue weighted by Gasteiger charge is 2.21. The summed E-state index contributed by atoms with van der Waals surface area (Å²) < 4.78 is 7.42. The highest BCUT2D eigenvalue weighted by Crippen LogP contribution is 2.36. The normalized spacial score (nSPS) is 14.4. The Hall–Kier alpha value is -2.54. The maximum atomic E-state index is 12.6. The number of carbonyl (C=O) groups excluding carboxylic acids is 1. The Morgan fingerprint density at radius 3 is 2.69 bits per heavy atom. The number of aryl methyl sites for hydroxylation is 2. The van der Waals surface area contributed by atoms with Crippen LogP contribution in [0.4, 0.5) is 0 Å². The number of fused-ring (bicyclic) bond motifs is 1. The summed E-state index contributed by atoms with van der Waals surface area (Å²) in [6.45, 7) is 5.72. The van der Waals surface area contributed by atoms with Crippen LogP contribution in [0, 0.1) is 13.8 Å². The Balaban J connectivity index is 1.68. The average molecular weight is 411 g/mol. The largest absolute Gasteiger partial charge is 0.496 e. The molecule has 0 unspecified atom stereocenters. The first kappa shape index (κ1) is 19.8. The van der Waals surface area contributed by atoms with Crippen LogP contribution < -0.4 is 4.74 Å². The van der Waals surface area contributed by atoms with Crippen molar-refractivity contribution in [3.63, 3.8) is 0 Å². The van der Waals surface area contributed by atoms with Crippen LogP contribution >= 0.6 is 11.8 Å². The van der Waals surface area contributed by atoms with Crippen molar-refractivity contribution in [2.75, 3.05) is 26.0 Å². The van der Waals surface area contributed by atoms with Crippen molar-refractivity contribution in [2.45, 2.75) is 38.1 Å². The molecule has 0 N–H and O–H groups in total. The van der Waals surface area contributed by atoms with E-state index in [1.54, 1.807) is 7.11 Å². The summed E-state index contributed by atoms with van der Waals surface area (Å²) in [5.41, 5.74) is 4.52. The second-order valence-corrected chi connectivity index (χ2v) is 8.36. The molecule has 1 fully saturated rings. The van der Waals surface area contributed by atoms with Gasteiger partial charge in [0.1, 0.15) is 10.8 Å². The number of piperidine rings is 1. The van der Waals surface area contributed by atoms with Gasteiger partial charge in [-0.05, 0) is 45.2 Å². The molecular formula is C22H26N4O2S.